The van der Waals surface area contributed by atoms with Crippen molar-refractivity contribution in [3.8, 4) is 0 Å². The molecule has 5 heteroatoms. The van der Waals surface area contributed by atoms with E-state index in [0.29, 0.717) is 17.8 Å². The van der Waals surface area contributed by atoms with E-state index in [1.54, 1.807) is 6.07 Å². The first kappa shape index (κ1) is 21.3. The molecule has 3 fully saturated rings. The van der Waals surface area contributed by atoms with Gasteiger partial charge in [0.2, 0.25) is 0 Å². The molecule has 0 aliphatic carbocycles. The van der Waals surface area contributed by atoms with Crippen LogP contribution < -0.4 is 4.90 Å². The van der Waals surface area contributed by atoms with E-state index in [1.165, 1.54) is 24.8 Å². The Balaban J connectivity index is 1.20. The number of anilines is 1. The standard InChI is InChI=1S/C26H33FN2OS/c1-19-7-10-26(21-5-3-2-4-6-21)31-29(19)18-22-8-9-24(15-25(22)27)28-16-23(17-28)20-11-13-30-14-12-20/h2-6,8-9,15,19-20,23,26H,7,10-14,16-18H2,1H3/t19-,26?/m0/s1. The van der Waals surface area contributed by atoms with Crippen LogP contribution in [0.4, 0.5) is 10.1 Å². The Morgan fingerprint density at radius 2 is 1.74 bits per heavy atom. The van der Waals surface area contributed by atoms with Gasteiger partial charge in [-0.3, -0.25) is 0 Å². The van der Waals surface area contributed by atoms with E-state index in [2.05, 4.69) is 52.5 Å². The third-order valence-electron chi connectivity index (χ3n) is 7.34. The van der Waals surface area contributed by atoms with Gasteiger partial charge in [-0.25, -0.2) is 8.70 Å². The van der Waals surface area contributed by atoms with Gasteiger partial charge in [-0.05, 0) is 62.1 Å². The minimum Gasteiger partial charge on any atom is -0.381 e. The Morgan fingerprint density at radius 1 is 0.968 bits per heavy atom. The van der Waals surface area contributed by atoms with E-state index in [0.717, 1.165) is 55.8 Å². The van der Waals surface area contributed by atoms with Crippen molar-refractivity contribution in [1.82, 2.24) is 4.31 Å². The third-order valence-corrected chi connectivity index (χ3v) is 8.86. The van der Waals surface area contributed by atoms with Crippen LogP contribution >= 0.6 is 11.9 Å². The largest absolute Gasteiger partial charge is 0.381 e. The summed E-state index contributed by atoms with van der Waals surface area (Å²) in [6.45, 7) is 6.84. The second-order valence-electron chi connectivity index (χ2n) is 9.40. The summed E-state index contributed by atoms with van der Waals surface area (Å²) in [5, 5.41) is 0.461. The smallest absolute Gasteiger partial charge is 0.129 e. The number of ether oxygens (including phenoxy) is 1. The van der Waals surface area contributed by atoms with Crippen LogP contribution in [-0.2, 0) is 11.3 Å². The van der Waals surface area contributed by atoms with Crippen molar-refractivity contribution in [2.45, 2.75) is 50.4 Å². The minimum atomic E-state index is -0.0679. The molecule has 5 rings (SSSR count). The normalized spacial score (nSPS) is 26.1. The fourth-order valence-electron chi connectivity index (χ4n) is 5.18. The van der Waals surface area contributed by atoms with Crippen molar-refractivity contribution >= 4 is 17.6 Å². The van der Waals surface area contributed by atoms with Gasteiger partial charge in [0.1, 0.15) is 5.82 Å². The number of benzene rings is 2. The maximum atomic E-state index is 15.0. The Morgan fingerprint density at radius 3 is 2.48 bits per heavy atom. The lowest BCUT2D eigenvalue weighted by Crippen LogP contribution is -2.51. The van der Waals surface area contributed by atoms with Crippen molar-refractivity contribution in [1.29, 1.82) is 0 Å². The van der Waals surface area contributed by atoms with Gasteiger partial charge >= 0.3 is 0 Å². The molecule has 3 nitrogen and oxygen atoms in total. The van der Waals surface area contributed by atoms with Crippen molar-refractivity contribution < 1.29 is 9.13 Å². The van der Waals surface area contributed by atoms with Crippen LogP contribution in [0.5, 0.6) is 0 Å². The predicted octanol–water partition coefficient (Wildman–Crippen LogP) is 6.06. The molecule has 166 valence electrons. The lowest BCUT2D eigenvalue weighted by molar-refractivity contribution is 0.0410. The zero-order valence-corrected chi connectivity index (χ0v) is 19.2. The van der Waals surface area contributed by atoms with Crippen molar-refractivity contribution in [3.05, 3.63) is 65.5 Å². The number of halogens is 1. The molecular formula is C26H33FN2OS. The van der Waals surface area contributed by atoms with Gasteiger partial charge < -0.3 is 9.64 Å². The second kappa shape index (κ2) is 9.51. The Labute approximate surface area is 190 Å². The van der Waals surface area contributed by atoms with E-state index in [-0.39, 0.29) is 5.82 Å². The summed E-state index contributed by atoms with van der Waals surface area (Å²) in [5.74, 6) is 1.46. The Kier molecular flexibility index (Phi) is 6.54. The first-order valence-electron chi connectivity index (χ1n) is 11.8. The van der Waals surface area contributed by atoms with Gasteiger partial charge in [-0.1, -0.05) is 48.3 Å². The topological polar surface area (TPSA) is 15.7 Å². The molecule has 2 aromatic rings. The summed E-state index contributed by atoms with van der Waals surface area (Å²) in [7, 11) is 0. The quantitative estimate of drug-likeness (QED) is 0.525. The first-order valence-corrected chi connectivity index (χ1v) is 12.6. The van der Waals surface area contributed by atoms with Gasteiger partial charge in [-0.2, -0.15) is 0 Å². The molecule has 2 atom stereocenters. The predicted molar refractivity (Wildman–Crippen MR) is 127 cm³/mol. The molecule has 3 saturated heterocycles. The number of nitrogens with zero attached hydrogens (tertiary/aromatic N) is 2. The lowest BCUT2D eigenvalue weighted by atomic mass is 9.80. The summed E-state index contributed by atoms with van der Waals surface area (Å²) in [4.78, 5) is 2.33. The third kappa shape index (κ3) is 4.79. The molecule has 3 aliphatic rings. The summed E-state index contributed by atoms with van der Waals surface area (Å²) in [6.07, 6.45) is 4.69. The molecule has 3 aliphatic heterocycles. The monoisotopic (exact) mass is 440 g/mol. The summed E-state index contributed by atoms with van der Waals surface area (Å²) in [5.41, 5.74) is 3.21. The fourth-order valence-corrected chi connectivity index (χ4v) is 6.56. The molecule has 0 radical (unpaired) electrons. The highest BCUT2D eigenvalue weighted by atomic mass is 32.2. The molecule has 0 N–H and O–H groups in total. The summed E-state index contributed by atoms with van der Waals surface area (Å²) in [6, 6.07) is 17.0. The number of rotatable bonds is 5. The maximum absolute atomic E-state index is 15.0. The first-order chi connectivity index (χ1) is 15.2. The average Bonchev–Trinajstić information content (AvgIpc) is 2.77. The van der Waals surface area contributed by atoms with Crippen LogP contribution in [0.25, 0.3) is 0 Å². The Bertz CT molecular complexity index is 867. The number of hydrogen-bond donors (Lipinski definition) is 0. The van der Waals surface area contributed by atoms with Crippen LogP contribution in [0, 0.1) is 17.7 Å². The molecule has 0 amide bonds. The molecule has 31 heavy (non-hydrogen) atoms. The second-order valence-corrected chi connectivity index (χ2v) is 10.6. The molecule has 0 bridgehead atoms. The van der Waals surface area contributed by atoms with Crippen molar-refractivity contribution in [2.75, 3.05) is 31.2 Å². The molecule has 0 saturated carbocycles. The van der Waals surface area contributed by atoms with Gasteiger partial charge in [0.25, 0.3) is 0 Å². The summed E-state index contributed by atoms with van der Waals surface area (Å²) >= 11 is 1.88. The summed E-state index contributed by atoms with van der Waals surface area (Å²) < 4.78 is 22.9. The van der Waals surface area contributed by atoms with Crippen LogP contribution in [0.3, 0.4) is 0 Å². The van der Waals surface area contributed by atoms with Crippen molar-refractivity contribution in [3.63, 3.8) is 0 Å². The highest BCUT2D eigenvalue weighted by molar-refractivity contribution is 7.97. The van der Waals surface area contributed by atoms with Gasteiger partial charge in [0.05, 0.1) is 0 Å². The molecule has 0 spiro atoms. The molecule has 3 heterocycles. The van der Waals surface area contributed by atoms with E-state index in [1.807, 2.05) is 18.0 Å². The van der Waals surface area contributed by atoms with Crippen LogP contribution in [0.1, 0.15) is 49.0 Å². The van der Waals surface area contributed by atoms with E-state index in [9.17, 15) is 0 Å². The SMILES string of the molecule is C[C@H]1CCC(c2ccccc2)SN1Cc1ccc(N2CC(C3CCOCC3)C2)cc1F. The lowest BCUT2D eigenvalue weighted by Gasteiger charge is -2.46. The highest BCUT2D eigenvalue weighted by Gasteiger charge is 2.34. The van der Waals surface area contributed by atoms with Gasteiger partial charge in [0, 0.05) is 55.4 Å². The van der Waals surface area contributed by atoms with E-state index < -0.39 is 0 Å². The molecule has 1 unspecified atom stereocenters. The number of hydrogen-bond acceptors (Lipinski definition) is 4. The van der Waals surface area contributed by atoms with Crippen LogP contribution in [0.15, 0.2) is 48.5 Å². The van der Waals surface area contributed by atoms with Gasteiger partial charge in [0.15, 0.2) is 0 Å². The molecular weight excluding hydrogens is 407 g/mol. The van der Waals surface area contributed by atoms with Gasteiger partial charge in [-0.15, -0.1) is 0 Å². The average molecular weight is 441 g/mol. The fraction of sp³-hybridized carbons (Fsp3) is 0.538. The van der Waals surface area contributed by atoms with Crippen LogP contribution in [0.2, 0.25) is 0 Å². The van der Waals surface area contributed by atoms with Crippen LogP contribution in [-0.4, -0.2) is 36.7 Å². The zero-order valence-electron chi connectivity index (χ0n) is 18.4. The molecule has 2 aromatic carbocycles. The van der Waals surface area contributed by atoms with E-state index in [4.69, 9.17) is 4.74 Å². The minimum absolute atomic E-state index is 0.0679. The highest BCUT2D eigenvalue weighted by Crippen LogP contribution is 2.43. The zero-order chi connectivity index (χ0) is 21.2. The van der Waals surface area contributed by atoms with Crippen molar-refractivity contribution in [2.24, 2.45) is 11.8 Å². The Hall–Kier alpha value is -1.56. The van der Waals surface area contributed by atoms with E-state index >= 15 is 4.39 Å². The molecule has 0 aromatic heterocycles. The maximum Gasteiger partial charge on any atom is 0.129 e.